The van der Waals surface area contributed by atoms with Gasteiger partial charge in [0.1, 0.15) is 0 Å². The van der Waals surface area contributed by atoms with Crippen LogP contribution in [0.4, 0.5) is 10.5 Å². The summed E-state index contributed by atoms with van der Waals surface area (Å²) in [6, 6.07) is 6.32. The summed E-state index contributed by atoms with van der Waals surface area (Å²) in [7, 11) is 0. The number of imide groups is 2. The number of barbiturate groups is 1. The number of carbonyl (C=O) groups excluding carboxylic acids is 3. The normalized spacial score (nSPS) is 24.6. The minimum absolute atomic E-state index is 0.0332. The second kappa shape index (κ2) is 7.14. The van der Waals surface area contributed by atoms with Crippen molar-refractivity contribution in [3.8, 4) is 0 Å². The number of nitrogens with one attached hydrogen (secondary N) is 1. The van der Waals surface area contributed by atoms with E-state index in [-0.39, 0.29) is 6.10 Å². The SMILES string of the molecule is CC(=NC[C@@H]1CCCO1)[C@H]1C(=O)NC(=O)N(c2ccccc2C)C1=O. The third-order valence-electron chi connectivity index (χ3n) is 4.51. The molecule has 0 bridgehead atoms. The maximum Gasteiger partial charge on any atom is 0.335 e. The van der Waals surface area contributed by atoms with Gasteiger partial charge < -0.3 is 4.74 Å². The van der Waals surface area contributed by atoms with E-state index in [4.69, 9.17) is 4.74 Å². The topological polar surface area (TPSA) is 88.1 Å². The summed E-state index contributed by atoms with van der Waals surface area (Å²) in [4.78, 5) is 42.7. The van der Waals surface area contributed by atoms with Crippen molar-refractivity contribution in [2.24, 2.45) is 10.9 Å². The fraction of sp³-hybridized carbons (Fsp3) is 0.444. The Morgan fingerprint density at radius 1 is 1.32 bits per heavy atom. The van der Waals surface area contributed by atoms with Gasteiger partial charge >= 0.3 is 6.03 Å². The molecular formula is C18H21N3O4. The molecule has 25 heavy (non-hydrogen) atoms. The lowest BCUT2D eigenvalue weighted by molar-refractivity contribution is -0.131. The minimum Gasteiger partial charge on any atom is -0.376 e. The van der Waals surface area contributed by atoms with Crippen LogP contribution in [0, 0.1) is 12.8 Å². The summed E-state index contributed by atoms with van der Waals surface area (Å²) >= 11 is 0. The van der Waals surface area contributed by atoms with Gasteiger partial charge in [-0.1, -0.05) is 18.2 Å². The van der Waals surface area contributed by atoms with Crippen LogP contribution in [0.15, 0.2) is 29.3 Å². The third kappa shape index (κ3) is 3.46. The van der Waals surface area contributed by atoms with E-state index in [2.05, 4.69) is 10.3 Å². The molecular weight excluding hydrogens is 322 g/mol. The summed E-state index contributed by atoms with van der Waals surface area (Å²) in [5.74, 6) is -2.30. The lowest BCUT2D eigenvalue weighted by Crippen LogP contribution is -2.60. The second-order valence-electron chi connectivity index (χ2n) is 6.30. The van der Waals surface area contributed by atoms with Gasteiger partial charge in [0, 0.05) is 12.3 Å². The highest BCUT2D eigenvalue weighted by atomic mass is 16.5. The van der Waals surface area contributed by atoms with E-state index in [1.807, 2.05) is 6.07 Å². The molecule has 2 atom stereocenters. The van der Waals surface area contributed by atoms with Crippen molar-refractivity contribution >= 4 is 29.2 Å². The lowest BCUT2D eigenvalue weighted by atomic mass is 9.98. The average Bonchev–Trinajstić information content (AvgIpc) is 3.07. The standard InChI is InChI=1S/C18H21N3O4/c1-11-6-3-4-8-14(11)21-17(23)15(16(22)20-18(21)24)12(2)19-10-13-7-5-9-25-13/h3-4,6,8,13,15H,5,7,9-10H2,1-2H3,(H,20,22,24)/t13-,15-/m0/s1. The predicted molar refractivity (Wildman–Crippen MR) is 92.6 cm³/mol. The van der Waals surface area contributed by atoms with Crippen LogP contribution < -0.4 is 10.2 Å². The number of carbonyl (C=O) groups is 3. The Labute approximate surface area is 146 Å². The molecule has 7 nitrogen and oxygen atoms in total. The van der Waals surface area contributed by atoms with Gasteiger partial charge in [-0.2, -0.15) is 0 Å². The molecule has 132 valence electrons. The largest absolute Gasteiger partial charge is 0.376 e. The zero-order valence-corrected chi connectivity index (χ0v) is 14.3. The molecule has 0 radical (unpaired) electrons. The number of anilines is 1. The van der Waals surface area contributed by atoms with Gasteiger partial charge in [0.05, 0.1) is 18.3 Å². The van der Waals surface area contributed by atoms with Crippen molar-refractivity contribution in [1.29, 1.82) is 0 Å². The summed E-state index contributed by atoms with van der Waals surface area (Å²) in [6.07, 6.45) is 1.96. The third-order valence-corrected chi connectivity index (χ3v) is 4.51. The summed E-state index contributed by atoms with van der Waals surface area (Å²) in [5, 5.41) is 2.26. The monoisotopic (exact) mass is 343 g/mol. The first-order valence-corrected chi connectivity index (χ1v) is 8.36. The van der Waals surface area contributed by atoms with Crippen LogP contribution in [-0.2, 0) is 14.3 Å². The molecule has 2 heterocycles. The number of benzene rings is 1. The van der Waals surface area contributed by atoms with E-state index >= 15 is 0 Å². The van der Waals surface area contributed by atoms with Crippen molar-refractivity contribution in [3.05, 3.63) is 29.8 Å². The van der Waals surface area contributed by atoms with Gasteiger partial charge in [-0.3, -0.25) is 19.9 Å². The van der Waals surface area contributed by atoms with Crippen LogP contribution in [0.3, 0.4) is 0 Å². The molecule has 0 unspecified atom stereocenters. The van der Waals surface area contributed by atoms with Gasteiger partial charge in [-0.25, -0.2) is 9.69 Å². The number of hydrogen-bond acceptors (Lipinski definition) is 5. The minimum atomic E-state index is -1.10. The van der Waals surface area contributed by atoms with Crippen LogP contribution >= 0.6 is 0 Å². The van der Waals surface area contributed by atoms with Crippen molar-refractivity contribution in [2.45, 2.75) is 32.8 Å². The molecule has 2 aliphatic rings. The highest BCUT2D eigenvalue weighted by molar-refractivity contribution is 6.35. The van der Waals surface area contributed by atoms with E-state index in [1.54, 1.807) is 32.0 Å². The van der Waals surface area contributed by atoms with Gasteiger partial charge in [-0.15, -0.1) is 0 Å². The Balaban J connectivity index is 1.85. The number of para-hydroxylation sites is 1. The van der Waals surface area contributed by atoms with Gasteiger partial charge in [-0.05, 0) is 38.3 Å². The number of aliphatic imine (C=N–C) groups is 1. The fourth-order valence-corrected chi connectivity index (χ4v) is 3.11. The molecule has 2 fully saturated rings. The summed E-state index contributed by atoms with van der Waals surface area (Å²) < 4.78 is 5.51. The van der Waals surface area contributed by atoms with E-state index in [0.29, 0.717) is 17.9 Å². The molecule has 4 amide bonds. The first kappa shape index (κ1) is 17.3. The maximum absolute atomic E-state index is 12.9. The van der Waals surface area contributed by atoms with Crippen molar-refractivity contribution in [1.82, 2.24) is 5.32 Å². The molecule has 1 aromatic carbocycles. The molecule has 0 aromatic heterocycles. The van der Waals surface area contributed by atoms with Crippen LogP contribution in [0.1, 0.15) is 25.3 Å². The van der Waals surface area contributed by atoms with Crippen LogP contribution in [0.2, 0.25) is 0 Å². The molecule has 7 heteroatoms. The first-order valence-electron chi connectivity index (χ1n) is 8.36. The Hall–Kier alpha value is -2.54. The van der Waals surface area contributed by atoms with Crippen LogP contribution in [0.25, 0.3) is 0 Å². The zero-order chi connectivity index (χ0) is 18.0. The number of aryl methyl sites for hydroxylation is 1. The van der Waals surface area contributed by atoms with Gasteiger partial charge in [0.15, 0.2) is 5.92 Å². The van der Waals surface area contributed by atoms with Gasteiger partial charge in [0.25, 0.3) is 5.91 Å². The lowest BCUT2D eigenvalue weighted by Gasteiger charge is -2.31. The summed E-state index contributed by atoms with van der Waals surface area (Å²) in [6.45, 7) is 4.58. The molecule has 1 N–H and O–H groups in total. The molecule has 0 aliphatic carbocycles. The maximum atomic E-state index is 12.9. The van der Waals surface area contributed by atoms with E-state index < -0.39 is 23.8 Å². The second-order valence-corrected chi connectivity index (χ2v) is 6.30. The quantitative estimate of drug-likeness (QED) is 0.667. The molecule has 2 saturated heterocycles. The number of amides is 4. The zero-order valence-electron chi connectivity index (χ0n) is 14.3. The van der Waals surface area contributed by atoms with E-state index in [0.717, 1.165) is 29.9 Å². The fourth-order valence-electron chi connectivity index (χ4n) is 3.11. The Morgan fingerprint density at radius 2 is 2.08 bits per heavy atom. The first-order chi connectivity index (χ1) is 12.0. The summed E-state index contributed by atoms with van der Waals surface area (Å²) in [5.41, 5.74) is 1.63. The van der Waals surface area contributed by atoms with Crippen molar-refractivity contribution in [3.63, 3.8) is 0 Å². The smallest absolute Gasteiger partial charge is 0.335 e. The van der Waals surface area contributed by atoms with Crippen LogP contribution in [-0.4, -0.2) is 42.8 Å². The number of ether oxygens (including phenoxy) is 1. The van der Waals surface area contributed by atoms with Gasteiger partial charge in [0.2, 0.25) is 5.91 Å². The predicted octanol–water partition coefficient (Wildman–Crippen LogP) is 1.83. The van der Waals surface area contributed by atoms with Crippen LogP contribution in [0.5, 0.6) is 0 Å². The Bertz CT molecular complexity index is 738. The van der Waals surface area contributed by atoms with Crippen molar-refractivity contribution < 1.29 is 19.1 Å². The highest BCUT2D eigenvalue weighted by Gasteiger charge is 2.43. The Morgan fingerprint density at radius 3 is 2.76 bits per heavy atom. The molecule has 1 aromatic rings. The number of urea groups is 1. The molecule has 0 spiro atoms. The Kier molecular flexibility index (Phi) is 4.94. The average molecular weight is 343 g/mol. The van der Waals surface area contributed by atoms with E-state index in [9.17, 15) is 14.4 Å². The molecule has 3 rings (SSSR count). The number of nitrogens with zero attached hydrogens (tertiary/aromatic N) is 2. The molecule has 0 saturated carbocycles. The number of rotatable bonds is 4. The highest BCUT2D eigenvalue weighted by Crippen LogP contribution is 2.25. The van der Waals surface area contributed by atoms with Crippen molar-refractivity contribution in [2.75, 3.05) is 18.1 Å². The number of hydrogen-bond donors (Lipinski definition) is 1. The van der Waals surface area contributed by atoms with E-state index in [1.165, 1.54) is 0 Å². The molecule has 2 aliphatic heterocycles.